The Balaban J connectivity index is 1.89. The second-order valence-corrected chi connectivity index (χ2v) is 5.26. The molecule has 0 saturated heterocycles. The van der Waals surface area contributed by atoms with E-state index in [1.54, 1.807) is 26.6 Å². The molecule has 1 amide bonds. The van der Waals surface area contributed by atoms with E-state index in [2.05, 4.69) is 10.3 Å². The lowest BCUT2D eigenvalue weighted by molar-refractivity contribution is -0.121. The van der Waals surface area contributed by atoms with E-state index in [-0.39, 0.29) is 11.9 Å². The van der Waals surface area contributed by atoms with Gasteiger partial charge in [0.2, 0.25) is 5.91 Å². The Kier molecular flexibility index (Phi) is 5.97. The monoisotopic (exact) mass is 314 g/mol. The molecule has 1 aromatic carbocycles. The van der Waals surface area contributed by atoms with Crippen LogP contribution in [0.2, 0.25) is 0 Å². The molecule has 2 aromatic rings. The van der Waals surface area contributed by atoms with Crippen LogP contribution < -0.4 is 14.8 Å². The molecule has 1 heterocycles. The van der Waals surface area contributed by atoms with E-state index in [1.165, 1.54) is 0 Å². The van der Waals surface area contributed by atoms with Crippen molar-refractivity contribution in [3.63, 3.8) is 0 Å². The van der Waals surface area contributed by atoms with Gasteiger partial charge >= 0.3 is 0 Å². The first-order valence-electron chi connectivity index (χ1n) is 7.54. The number of benzene rings is 1. The minimum atomic E-state index is -0.0541. The average molecular weight is 314 g/mol. The summed E-state index contributed by atoms with van der Waals surface area (Å²) in [5.41, 5.74) is 2.03. The molecule has 0 saturated carbocycles. The van der Waals surface area contributed by atoms with Crippen LogP contribution >= 0.6 is 0 Å². The van der Waals surface area contributed by atoms with Crippen LogP contribution in [-0.4, -0.2) is 25.1 Å². The first-order valence-corrected chi connectivity index (χ1v) is 7.54. The van der Waals surface area contributed by atoms with Crippen LogP contribution in [0.3, 0.4) is 0 Å². The standard InChI is InChI=1S/C18H22N2O3/c1-13(15-5-4-10-19-12-15)20-18(21)9-7-14-6-8-16(22-2)17(11-14)23-3/h4-6,8,10-13H,7,9H2,1-3H3,(H,20,21). The molecule has 23 heavy (non-hydrogen) atoms. The summed E-state index contributed by atoms with van der Waals surface area (Å²) in [6.45, 7) is 1.95. The number of nitrogens with one attached hydrogen (secondary N) is 1. The third-order valence-corrected chi connectivity index (χ3v) is 3.65. The fourth-order valence-corrected chi connectivity index (χ4v) is 2.32. The Bertz CT molecular complexity index is 644. The first-order chi connectivity index (χ1) is 11.1. The summed E-state index contributed by atoms with van der Waals surface area (Å²) in [5.74, 6) is 1.37. The van der Waals surface area contributed by atoms with Crippen molar-refractivity contribution in [3.8, 4) is 11.5 Å². The van der Waals surface area contributed by atoms with Crippen LogP contribution in [0.25, 0.3) is 0 Å². The molecule has 5 nitrogen and oxygen atoms in total. The largest absolute Gasteiger partial charge is 0.493 e. The SMILES string of the molecule is COc1ccc(CCC(=O)NC(C)c2cccnc2)cc1OC. The molecular formula is C18H22N2O3. The Morgan fingerprint density at radius 3 is 2.65 bits per heavy atom. The Morgan fingerprint density at radius 2 is 2.00 bits per heavy atom. The number of ether oxygens (including phenoxy) is 2. The smallest absolute Gasteiger partial charge is 0.220 e. The zero-order valence-corrected chi connectivity index (χ0v) is 13.7. The molecule has 0 radical (unpaired) electrons. The van der Waals surface area contributed by atoms with E-state index in [9.17, 15) is 4.79 Å². The first kappa shape index (κ1) is 16.8. The maximum absolute atomic E-state index is 12.1. The maximum atomic E-state index is 12.1. The summed E-state index contributed by atoms with van der Waals surface area (Å²) >= 11 is 0. The van der Waals surface area contributed by atoms with E-state index in [0.717, 1.165) is 11.1 Å². The molecule has 1 N–H and O–H groups in total. The highest BCUT2D eigenvalue weighted by atomic mass is 16.5. The Hall–Kier alpha value is -2.56. The molecule has 0 aliphatic rings. The van der Waals surface area contributed by atoms with Crippen molar-refractivity contribution >= 4 is 5.91 Å². The van der Waals surface area contributed by atoms with Gasteiger partial charge in [0.1, 0.15) is 0 Å². The number of methoxy groups -OCH3 is 2. The predicted octanol–water partition coefficient (Wildman–Crippen LogP) is 2.91. The average Bonchev–Trinajstić information content (AvgIpc) is 2.60. The van der Waals surface area contributed by atoms with E-state index < -0.39 is 0 Å². The quantitative estimate of drug-likeness (QED) is 0.853. The highest BCUT2D eigenvalue weighted by molar-refractivity contribution is 5.76. The molecule has 1 unspecified atom stereocenters. The number of hydrogen-bond donors (Lipinski definition) is 1. The number of rotatable bonds is 7. The van der Waals surface area contributed by atoms with Gasteiger partial charge in [-0.05, 0) is 42.7 Å². The van der Waals surface area contributed by atoms with Gasteiger partial charge in [-0.1, -0.05) is 12.1 Å². The third-order valence-electron chi connectivity index (χ3n) is 3.65. The number of carbonyl (C=O) groups is 1. The molecule has 0 spiro atoms. The molecule has 2 rings (SSSR count). The van der Waals surface area contributed by atoms with Crippen molar-refractivity contribution in [1.29, 1.82) is 0 Å². The second kappa shape index (κ2) is 8.17. The molecule has 122 valence electrons. The van der Waals surface area contributed by atoms with Gasteiger partial charge in [-0.2, -0.15) is 0 Å². The van der Waals surface area contributed by atoms with Crippen molar-refractivity contribution in [1.82, 2.24) is 10.3 Å². The van der Waals surface area contributed by atoms with Crippen molar-refractivity contribution in [2.75, 3.05) is 14.2 Å². The van der Waals surface area contributed by atoms with Crippen LogP contribution in [0.4, 0.5) is 0 Å². The molecule has 0 bridgehead atoms. The summed E-state index contributed by atoms with van der Waals surface area (Å²) in [5, 5.41) is 2.98. The minimum Gasteiger partial charge on any atom is -0.493 e. The summed E-state index contributed by atoms with van der Waals surface area (Å²) in [7, 11) is 3.20. The summed E-state index contributed by atoms with van der Waals surface area (Å²) in [4.78, 5) is 16.2. The lowest BCUT2D eigenvalue weighted by atomic mass is 10.1. The van der Waals surface area contributed by atoms with Gasteiger partial charge in [0, 0.05) is 18.8 Å². The molecule has 0 fully saturated rings. The lowest BCUT2D eigenvalue weighted by Crippen LogP contribution is -2.26. The number of nitrogens with zero attached hydrogens (tertiary/aromatic N) is 1. The van der Waals surface area contributed by atoms with Crippen LogP contribution in [0.15, 0.2) is 42.7 Å². The maximum Gasteiger partial charge on any atom is 0.220 e. The fraction of sp³-hybridized carbons (Fsp3) is 0.333. The van der Waals surface area contributed by atoms with Gasteiger partial charge < -0.3 is 14.8 Å². The number of aromatic nitrogens is 1. The number of carbonyl (C=O) groups excluding carboxylic acids is 1. The summed E-state index contributed by atoms with van der Waals surface area (Å²) in [6, 6.07) is 9.45. The molecule has 0 aliphatic carbocycles. The number of amides is 1. The van der Waals surface area contributed by atoms with Crippen molar-refractivity contribution in [3.05, 3.63) is 53.9 Å². The Labute approximate surface area is 136 Å². The topological polar surface area (TPSA) is 60.5 Å². The van der Waals surface area contributed by atoms with Crippen LogP contribution in [0.5, 0.6) is 11.5 Å². The van der Waals surface area contributed by atoms with E-state index in [1.807, 2.05) is 37.3 Å². The zero-order valence-electron chi connectivity index (χ0n) is 13.7. The third kappa shape index (κ3) is 4.71. The van der Waals surface area contributed by atoms with Crippen LogP contribution in [0, 0.1) is 0 Å². The molecule has 5 heteroatoms. The van der Waals surface area contributed by atoms with Crippen molar-refractivity contribution in [2.24, 2.45) is 0 Å². The highest BCUT2D eigenvalue weighted by Gasteiger charge is 2.10. The number of hydrogen-bond acceptors (Lipinski definition) is 4. The van der Waals surface area contributed by atoms with E-state index >= 15 is 0 Å². The number of aryl methyl sites for hydroxylation is 1. The minimum absolute atomic E-state index is 0.0103. The van der Waals surface area contributed by atoms with Crippen LogP contribution in [0.1, 0.15) is 30.5 Å². The van der Waals surface area contributed by atoms with Gasteiger partial charge in [0.15, 0.2) is 11.5 Å². The normalized spacial score (nSPS) is 11.6. The van der Waals surface area contributed by atoms with Crippen LogP contribution in [-0.2, 0) is 11.2 Å². The zero-order chi connectivity index (χ0) is 16.7. The lowest BCUT2D eigenvalue weighted by Gasteiger charge is -2.14. The van der Waals surface area contributed by atoms with Gasteiger partial charge in [0.25, 0.3) is 0 Å². The fourth-order valence-electron chi connectivity index (χ4n) is 2.32. The highest BCUT2D eigenvalue weighted by Crippen LogP contribution is 2.27. The second-order valence-electron chi connectivity index (χ2n) is 5.26. The van der Waals surface area contributed by atoms with Crippen molar-refractivity contribution in [2.45, 2.75) is 25.8 Å². The van der Waals surface area contributed by atoms with Gasteiger partial charge in [-0.25, -0.2) is 0 Å². The van der Waals surface area contributed by atoms with Gasteiger partial charge in [-0.15, -0.1) is 0 Å². The number of pyridine rings is 1. The predicted molar refractivity (Wildman–Crippen MR) is 88.7 cm³/mol. The molecular weight excluding hydrogens is 292 g/mol. The summed E-state index contributed by atoms with van der Waals surface area (Å²) in [6.07, 6.45) is 4.54. The van der Waals surface area contributed by atoms with Gasteiger partial charge in [-0.3, -0.25) is 9.78 Å². The van der Waals surface area contributed by atoms with Gasteiger partial charge in [0.05, 0.1) is 20.3 Å². The van der Waals surface area contributed by atoms with E-state index in [4.69, 9.17) is 9.47 Å². The van der Waals surface area contributed by atoms with Crippen molar-refractivity contribution < 1.29 is 14.3 Å². The molecule has 0 aliphatic heterocycles. The summed E-state index contributed by atoms with van der Waals surface area (Å²) < 4.78 is 10.5. The molecule has 1 aromatic heterocycles. The molecule has 1 atom stereocenters. The van der Waals surface area contributed by atoms with E-state index in [0.29, 0.717) is 24.3 Å². The Morgan fingerprint density at radius 1 is 1.22 bits per heavy atom.